The second kappa shape index (κ2) is 10.3. The number of carbonyl (C=O) groups excluding carboxylic acids is 2. The van der Waals surface area contributed by atoms with Gasteiger partial charge < -0.3 is 15.4 Å². The Hall–Kier alpha value is -3.60. The average molecular weight is 443 g/mol. The Bertz CT molecular complexity index is 1050. The molecule has 4 rings (SSSR count). The first-order valence-corrected chi connectivity index (χ1v) is 11.4. The summed E-state index contributed by atoms with van der Waals surface area (Å²) in [5, 5.41) is 6.38. The number of hydrogen-bond acceptors (Lipinski definition) is 3. The van der Waals surface area contributed by atoms with E-state index in [0.717, 1.165) is 28.9 Å². The van der Waals surface area contributed by atoms with Crippen LogP contribution in [-0.4, -0.2) is 24.5 Å². The summed E-state index contributed by atoms with van der Waals surface area (Å²) in [5.74, 6) is 0.807. The molecule has 1 aliphatic heterocycles. The van der Waals surface area contributed by atoms with E-state index in [0.29, 0.717) is 25.7 Å². The lowest BCUT2D eigenvalue weighted by molar-refractivity contribution is -0.123. The molecule has 1 saturated heterocycles. The monoisotopic (exact) mass is 442 g/mol. The lowest BCUT2D eigenvalue weighted by Crippen LogP contribution is -2.44. The van der Waals surface area contributed by atoms with Crippen LogP contribution in [0.5, 0.6) is 5.75 Å². The number of nitrogens with one attached hydrogen (secondary N) is 2. The fourth-order valence-electron chi connectivity index (χ4n) is 4.59. The molecule has 1 atom stereocenters. The molecule has 0 radical (unpaired) electrons. The van der Waals surface area contributed by atoms with Gasteiger partial charge in [-0.15, -0.1) is 0 Å². The van der Waals surface area contributed by atoms with Crippen LogP contribution in [0, 0.1) is 0 Å². The number of rotatable bonds is 9. The summed E-state index contributed by atoms with van der Waals surface area (Å²) in [6.07, 6.45) is 2.79. The van der Waals surface area contributed by atoms with E-state index >= 15 is 0 Å². The SMILES string of the molecule is COc1cccc(C[C@]2(CCC(=O)NC(c3ccccc3)c3ccccc3)CCC(=O)N2)c1. The molecule has 1 heterocycles. The van der Waals surface area contributed by atoms with Crippen molar-refractivity contribution < 1.29 is 14.3 Å². The Kier molecular flexibility index (Phi) is 7.08. The first kappa shape index (κ1) is 22.6. The molecule has 170 valence electrons. The zero-order valence-corrected chi connectivity index (χ0v) is 18.9. The Balaban J connectivity index is 1.47. The number of amides is 2. The van der Waals surface area contributed by atoms with Gasteiger partial charge in [0.15, 0.2) is 0 Å². The van der Waals surface area contributed by atoms with Crippen LogP contribution in [-0.2, 0) is 16.0 Å². The zero-order valence-electron chi connectivity index (χ0n) is 18.9. The highest BCUT2D eigenvalue weighted by atomic mass is 16.5. The van der Waals surface area contributed by atoms with Crippen LogP contribution in [0.3, 0.4) is 0 Å². The van der Waals surface area contributed by atoms with Crippen molar-refractivity contribution in [3.05, 3.63) is 102 Å². The minimum Gasteiger partial charge on any atom is -0.497 e. The molecule has 0 saturated carbocycles. The van der Waals surface area contributed by atoms with Crippen molar-refractivity contribution in [3.8, 4) is 5.75 Å². The van der Waals surface area contributed by atoms with Crippen LogP contribution < -0.4 is 15.4 Å². The standard InChI is InChI=1S/C28H30N2O3/c1-33-24-14-8-9-21(19-24)20-28(18-16-26(32)30-28)17-15-25(31)29-27(22-10-4-2-5-11-22)23-12-6-3-7-13-23/h2-14,19,27H,15-18,20H2,1H3,(H,29,31)(H,30,32)/t28-/m0/s1. The maximum atomic E-state index is 13.1. The maximum Gasteiger partial charge on any atom is 0.220 e. The molecule has 33 heavy (non-hydrogen) atoms. The minimum atomic E-state index is -0.421. The molecule has 0 aromatic heterocycles. The number of carbonyl (C=O) groups is 2. The third-order valence-corrected chi connectivity index (χ3v) is 6.31. The lowest BCUT2D eigenvalue weighted by Gasteiger charge is -2.30. The average Bonchev–Trinajstić information content (AvgIpc) is 3.22. The molecule has 2 amide bonds. The van der Waals surface area contributed by atoms with Gasteiger partial charge in [-0.2, -0.15) is 0 Å². The van der Waals surface area contributed by atoms with Crippen molar-refractivity contribution in [1.29, 1.82) is 0 Å². The molecule has 1 aliphatic rings. The predicted molar refractivity (Wildman–Crippen MR) is 129 cm³/mol. The van der Waals surface area contributed by atoms with E-state index < -0.39 is 5.54 Å². The molecule has 5 heteroatoms. The molecule has 0 aliphatic carbocycles. The van der Waals surface area contributed by atoms with Crippen LogP contribution in [0.4, 0.5) is 0 Å². The molecule has 0 unspecified atom stereocenters. The topological polar surface area (TPSA) is 67.4 Å². The summed E-state index contributed by atoms with van der Waals surface area (Å²) in [4.78, 5) is 25.2. The lowest BCUT2D eigenvalue weighted by atomic mass is 9.84. The third-order valence-electron chi connectivity index (χ3n) is 6.31. The van der Waals surface area contributed by atoms with Gasteiger partial charge in [-0.05, 0) is 48.1 Å². The number of hydrogen-bond donors (Lipinski definition) is 2. The zero-order chi connectivity index (χ0) is 23.1. The molecule has 0 spiro atoms. The predicted octanol–water partition coefficient (Wildman–Crippen LogP) is 4.57. The van der Waals surface area contributed by atoms with Crippen molar-refractivity contribution in [2.45, 2.75) is 43.7 Å². The maximum absolute atomic E-state index is 13.1. The van der Waals surface area contributed by atoms with E-state index in [9.17, 15) is 9.59 Å². The van der Waals surface area contributed by atoms with Gasteiger partial charge in [-0.1, -0.05) is 72.8 Å². The molecule has 1 fully saturated rings. The number of ether oxygens (including phenoxy) is 1. The number of methoxy groups -OCH3 is 1. The molecule has 0 bridgehead atoms. The van der Waals surface area contributed by atoms with Crippen molar-refractivity contribution in [1.82, 2.24) is 10.6 Å². The molecule has 2 N–H and O–H groups in total. The van der Waals surface area contributed by atoms with E-state index in [4.69, 9.17) is 4.74 Å². The van der Waals surface area contributed by atoms with Crippen molar-refractivity contribution in [3.63, 3.8) is 0 Å². The summed E-state index contributed by atoms with van der Waals surface area (Å²) >= 11 is 0. The molecular formula is C28H30N2O3. The second-order valence-corrected chi connectivity index (χ2v) is 8.68. The molecule has 3 aromatic carbocycles. The van der Waals surface area contributed by atoms with Gasteiger partial charge in [0, 0.05) is 18.4 Å². The van der Waals surface area contributed by atoms with Gasteiger partial charge in [0.2, 0.25) is 11.8 Å². The highest BCUT2D eigenvalue weighted by Crippen LogP contribution is 2.31. The minimum absolute atomic E-state index is 0.0288. The summed E-state index contributed by atoms with van der Waals surface area (Å²) in [6, 6.07) is 27.6. The Morgan fingerprint density at radius 1 is 1.00 bits per heavy atom. The quantitative estimate of drug-likeness (QED) is 0.510. The second-order valence-electron chi connectivity index (χ2n) is 8.68. The summed E-state index contributed by atoms with van der Waals surface area (Å²) in [5.41, 5.74) is 2.74. The molecular weight excluding hydrogens is 412 g/mol. The van der Waals surface area contributed by atoms with Gasteiger partial charge >= 0.3 is 0 Å². The van der Waals surface area contributed by atoms with E-state index in [1.165, 1.54) is 0 Å². The van der Waals surface area contributed by atoms with Crippen LogP contribution in [0.1, 0.15) is 48.4 Å². The Morgan fingerprint density at radius 3 is 2.24 bits per heavy atom. The van der Waals surface area contributed by atoms with Gasteiger partial charge in [0.25, 0.3) is 0 Å². The van der Waals surface area contributed by atoms with Crippen LogP contribution in [0.2, 0.25) is 0 Å². The van der Waals surface area contributed by atoms with E-state index in [1.54, 1.807) is 7.11 Å². The Morgan fingerprint density at radius 2 is 1.67 bits per heavy atom. The number of benzene rings is 3. The van der Waals surface area contributed by atoms with Crippen LogP contribution in [0.25, 0.3) is 0 Å². The van der Waals surface area contributed by atoms with E-state index in [-0.39, 0.29) is 17.9 Å². The normalized spacial score (nSPS) is 17.6. The van der Waals surface area contributed by atoms with Crippen molar-refractivity contribution in [2.24, 2.45) is 0 Å². The van der Waals surface area contributed by atoms with Gasteiger partial charge in [0.1, 0.15) is 5.75 Å². The van der Waals surface area contributed by atoms with E-state index in [1.807, 2.05) is 84.9 Å². The van der Waals surface area contributed by atoms with E-state index in [2.05, 4.69) is 10.6 Å². The van der Waals surface area contributed by atoms with Crippen LogP contribution in [0.15, 0.2) is 84.9 Å². The first-order valence-electron chi connectivity index (χ1n) is 11.4. The van der Waals surface area contributed by atoms with Gasteiger partial charge in [0.05, 0.1) is 13.2 Å². The molecule has 5 nitrogen and oxygen atoms in total. The Labute approximate surface area is 195 Å². The van der Waals surface area contributed by atoms with Gasteiger partial charge in [-0.3, -0.25) is 9.59 Å². The summed E-state index contributed by atoms with van der Waals surface area (Å²) < 4.78 is 5.35. The molecule has 3 aromatic rings. The van der Waals surface area contributed by atoms with Crippen molar-refractivity contribution in [2.75, 3.05) is 7.11 Å². The highest BCUT2D eigenvalue weighted by Gasteiger charge is 2.38. The van der Waals surface area contributed by atoms with Gasteiger partial charge in [-0.25, -0.2) is 0 Å². The van der Waals surface area contributed by atoms with Crippen LogP contribution >= 0.6 is 0 Å². The fraction of sp³-hybridized carbons (Fsp3) is 0.286. The summed E-state index contributed by atoms with van der Waals surface area (Å²) in [6.45, 7) is 0. The van der Waals surface area contributed by atoms with Crippen molar-refractivity contribution >= 4 is 11.8 Å². The summed E-state index contributed by atoms with van der Waals surface area (Å²) in [7, 11) is 1.65. The highest BCUT2D eigenvalue weighted by molar-refractivity contribution is 5.80. The third kappa shape index (κ3) is 5.80. The largest absolute Gasteiger partial charge is 0.497 e. The fourth-order valence-corrected chi connectivity index (χ4v) is 4.59. The first-order chi connectivity index (χ1) is 16.1. The smallest absolute Gasteiger partial charge is 0.220 e.